The molecule has 0 aliphatic rings. The Bertz CT molecular complexity index is 471. The smallest absolute Gasteiger partial charge is 0.0485 e. The van der Waals surface area contributed by atoms with Crippen LogP contribution in [0.25, 0.3) is 0 Å². The van der Waals surface area contributed by atoms with E-state index in [1.54, 1.807) is 0 Å². The highest BCUT2D eigenvalue weighted by Gasteiger charge is 2.04. The Morgan fingerprint density at radius 2 is 1.53 bits per heavy atom. The number of benzene rings is 2. The molecule has 0 amide bonds. The van der Waals surface area contributed by atoms with Crippen molar-refractivity contribution >= 4 is 11.4 Å². The van der Waals surface area contributed by atoms with Crippen molar-refractivity contribution in [3.63, 3.8) is 0 Å². The van der Waals surface area contributed by atoms with Gasteiger partial charge in [0.25, 0.3) is 0 Å². The Morgan fingerprint density at radius 1 is 0.941 bits per heavy atom. The van der Waals surface area contributed by atoms with Crippen molar-refractivity contribution in [2.24, 2.45) is 0 Å². The first kappa shape index (κ1) is 11.5. The van der Waals surface area contributed by atoms with Crippen LogP contribution in [0.2, 0.25) is 0 Å². The molecule has 2 heteroatoms. The van der Waals surface area contributed by atoms with Gasteiger partial charge in [-0.2, -0.15) is 0 Å². The van der Waals surface area contributed by atoms with Gasteiger partial charge < -0.3 is 11.1 Å². The second kappa shape index (κ2) is 4.91. The predicted octanol–water partition coefficient (Wildman–Crippen LogP) is 3.75. The van der Waals surface area contributed by atoms with E-state index in [1.165, 1.54) is 11.1 Å². The highest BCUT2D eigenvalue weighted by atomic mass is 14.9. The van der Waals surface area contributed by atoms with Crippen LogP contribution in [0.4, 0.5) is 11.4 Å². The molecule has 0 bridgehead atoms. The van der Waals surface area contributed by atoms with Crippen LogP contribution >= 0.6 is 0 Å². The number of nitrogens with two attached hydrogens (primary N) is 1. The highest BCUT2D eigenvalue weighted by Crippen LogP contribution is 2.20. The van der Waals surface area contributed by atoms with Gasteiger partial charge in [0.05, 0.1) is 0 Å². The van der Waals surface area contributed by atoms with E-state index in [-0.39, 0.29) is 6.04 Å². The fraction of sp³-hybridized carbons (Fsp3) is 0.200. The zero-order chi connectivity index (χ0) is 12.3. The van der Waals surface area contributed by atoms with Gasteiger partial charge in [-0.25, -0.2) is 0 Å². The van der Waals surface area contributed by atoms with E-state index in [0.29, 0.717) is 0 Å². The molecule has 3 N–H and O–H groups in total. The van der Waals surface area contributed by atoms with Gasteiger partial charge in [-0.1, -0.05) is 29.8 Å². The summed E-state index contributed by atoms with van der Waals surface area (Å²) in [4.78, 5) is 0. The van der Waals surface area contributed by atoms with Gasteiger partial charge in [-0.3, -0.25) is 0 Å². The van der Waals surface area contributed by atoms with E-state index in [1.807, 2.05) is 12.1 Å². The summed E-state index contributed by atoms with van der Waals surface area (Å²) >= 11 is 0. The largest absolute Gasteiger partial charge is 0.399 e. The minimum atomic E-state index is 0.276. The number of aryl methyl sites for hydroxylation is 1. The maximum absolute atomic E-state index is 5.68. The minimum Gasteiger partial charge on any atom is -0.399 e. The molecule has 2 aromatic rings. The lowest BCUT2D eigenvalue weighted by Crippen LogP contribution is -2.06. The summed E-state index contributed by atoms with van der Waals surface area (Å²) < 4.78 is 0. The average molecular weight is 226 g/mol. The van der Waals surface area contributed by atoms with Crippen molar-refractivity contribution in [2.75, 3.05) is 11.1 Å². The van der Waals surface area contributed by atoms with Crippen molar-refractivity contribution in [3.8, 4) is 0 Å². The topological polar surface area (TPSA) is 38.0 Å². The number of hydrogen-bond donors (Lipinski definition) is 2. The third-order valence-corrected chi connectivity index (χ3v) is 2.87. The van der Waals surface area contributed by atoms with Crippen molar-refractivity contribution < 1.29 is 0 Å². The summed E-state index contributed by atoms with van der Waals surface area (Å²) in [6.07, 6.45) is 0. The SMILES string of the molecule is Cc1ccc(NC(C)c2ccc(N)cc2)cc1. The molecule has 0 spiro atoms. The number of hydrogen-bond acceptors (Lipinski definition) is 2. The molecule has 0 heterocycles. The van der Waals surface area contributed by atoms with Crippen molar-refractivity contribution in [1.29, 1.82) is 0 Å². The summed E-state index contributed by atoms with van der Waals surface area (Å²) in [6.45, 7) is 4.23. The predicted molar refractivity (Wildman–Crippen MR) is 74.1 cm³/mol. The molecule has 0 aliphatic heterocycles. The van der Waals surface area contributed by atoms with E-state index in [4.69, 9.17) is 5.73 Å². The third-order valence-electron chi connectivity index (χ3n) is 2.87. The lowest BCUT2D eigenvalue weighted by Gasteiger charge is -2.16. The second-order valence-electron chi connectivity index (χ2n) is 4.40. The molecule has 1 unspecified atom stereocenters. The number of nitrogens with one attached hydrogen (secondary N) is 1. The maximum atomic E-state index is 5.68. The van der Waals surface area contributed by atoms with Gasteiger partial charge in [0.1, 0.15) is 0 Å². The molecule has 0 saturated heterocycles. The maximum Gasteiger partial charge on any atom is 0.0485 e. The molecule has 0 radical (unpaired) electrons. The average Bonchev–Trinajstić information content (AvgIpc) is 2.33. The van der Waals surface area contributed by atoms with Crippen LogP contribution in [-0.2, 0) is 0 Å². The molecular weight excluding hydrogens is 208 g/mol. The van der Waals surface area contributed by atoms with Gasteiger partial charge in [-0.15, -0.1) is 0 Å². The Labute approximate surface area is 102 Å². The zero-order valence-electron chi connectivity index (χ0n) is 10.3. The van der Waals surface area contributed by atoms with Crippen molar-refractivity contribution in [2.45, 2.75) is 19.9 Å². The molecule has 2 nitrogen and oxygen atoms in total. The Balaban J connectivity index is 2.08. The van der Waals surface area contributed by atoms with Gasteiger partial charge in [0.2, 0.25) is 0 Å². The molecule has 0 aliphatic carbocycles. The zero-order valence-corrected chi connectivity index (χ0v) is 10.3. The van der Waals surface area contributed by atoms with E-state index in [9.17, 15) is 0 Å². The fourth-order valence-electron chi connectivity index (χ4n) is 1.77. The summed E-state index contributed by atoms with van der Waals surface area (Å²) in [5, 5.41) is 3.46. The molecule has 1 atom stereocenters. The molecule has 17 heavy (non-hydrogen) atoms. The first-order valence-electron chi connectivity index (χ1n) is 5.84. The Morgan fingerprint density at radius 3 is 2.12 bits per heavy atom. The number of rotatable bonds is 3. The highest BCUT2D eigenvalue weighted by molar-refractivity contribution is 5.47. The molecule has 0 aromatic heterocycles. The van der Waals surface area contributed by atoms with Crippen LogP contribution < -0.4 is 11.1 Å². The first-order valence-corrected chi connectivity index (χ1v) is 5.84. The monoisotopic (exact) mass is 226 g/mol. The van der Waals surface area contributed by atoms with Crippen LogP contribution in [0.3, 0.4) is 0 Å². The molecular formula is C15H18N2. The summed E-state index contributed by atoms with van der Waals surface area (Å²) in [6, 6.07) is 16.7. The molecule has 2 rings (SSSR count). The van der Waals surface area contributed by atoms with Gasteiger partial charge >= 0.3 is 0 Å². The Hall–Kier alpha value is -1.96. The van der Waals surface area contributed by atoms with Crippen LogP contribution in [0, 0.1) is 6.92 Å². The van der Waals surface area contributed by atoms with Gasteiger partial charge in [-0.05, 0) is 43.7 Å². The quantitative estimate of drug-likeness (QED) is 0.782. The second-order valence-corrected chi connectivity index (χ2v) is 4.40. The number of nitrogen functional groups attached to an aromatic ring is 1. The molecule has 0 fully saturated rings. The van der Waals surface area contributed by atoms with E-state index < -0.39 is 0 Å². The minimum absolute atomic E-state index is 0.276. The van der Waals surface area contributed by atoms with Gasteiger partial charge in [0, 0.05) is 17.4 Å². The van der Waals surface area contributed by atoms with Crippen LogP contribution in [-0.4, -0.2) is 0 Å². The van der Waals surface area contributed by atoms with Crippen molar-refractivity contribution in [3.05, 3.63) is 59.7 Å². The first-order chi connectivity index (χ1) is 8.15. The van der Waals surface area contributed by atoms with Crippen LogP contribution in [0.1, 0.15) is 24.1 Å². The van der Waals surface area contributed by atoms with Gasteiger partial charge in [0.15, 0.2) is 0 Å². The summed E-state index contributed by atoms with van der Waals surface area (Å²) in [7, 11) is 0. The Kier molecular flexibility index (Phi) is 3.33. The van der Waals surface area contributed by atoms with Crippen LogP contribution in [0.5, 0.6) is 0 Å². The van der Waals surface area contributed by atoms with Crippen LogP contribution in [0.15, 0.2) is 48.5 Å². The van der Waals surface area contributed by atoms with E-state index >= 15 is 0 Å². The number of anilines is 2. The third kappa shape index (κ3) is 3.00. The van der Waals surface area contributed by atoms with Crippen molar-refractivity contribution in [1.82, 2.24) is 0 Å². The summed E-state index contributed by atoms with van der Waals surface area (Å²) in [5.74, 6) is 0. The molecule has 88 valence electrons. The van der Waals surface area contributed by atoms with E-state index in [2.05, 4.69) is 55.6 Å². The standard InChI is InChI=1S/C15H18N2/c1-11-3-9-15(10-4-11)17-12(2)13-5-7-14(16)8-6-13/h3-10,12,17H,16H2,1-2H3. The summed E-state index contributed by atoms with van der Waals surface area (Å²) in [5.41, 5.74) is 10.1. The molecule has 2 aromatic carbocycles. The normalized spacial score (nSPS) is 12.1. The lowest BCUT2D eigenvalue weighted by molar-refractivity contribution is 0.885. The molecule has 0 saturated carbocycles. The van der Waals surface area contributed by atoms with E-state index in [0.717, 1.165) is 11.4 Å². The fourth-order valence-corrected chi connectivity index (χ4v) is 1.77. The lowest BCUT2D eigenvalue weighted by atomic mass is 10.1.